The van der Waals surface area contributed by atoms with Gasteiger partial charge >= 0.3 is 0 Å². The van der Waals surface area contributed by atoms with Crippen LogP contribution in [0.5, 0.6) is 5.75 Å². The van der Waals surface area contributed by atoms with Crippen LogP contribution in [0.2, 0.25) is 0 Å². The maximum Gasteiger partial charge on any atom is 0.230 e. The van der Waals surface area contributed by atoms with Gasteiger partial charge in [-0.3, -0.25) is 9.59 Å². The average Bonchev–Trinajstić information content (AvgIpc) is 2.40. The van der Waals surface area contributed by atoms with Crippen LogP contribution in [0.1, 0.15) is 18.9 Å². The predicted molar refractivity (Wildman–Crippen MR) is 64.3 cm³/mol. The van der Waals surface area contributed by atoms with Crippen LogP contribution in [0.25, 0.3) is 0 Å². The first-order chi connectivity index (χ1) is 8.08. The van der Waals surface area contributed by atoms with E-state index in [4.69, 9.17) is 4.74 Å². The monoisotopic (exact) mass is 233 g/mol. The number of amides is 1. The number of benzene rings is 1. The van der Waals surface area contributed by atoms with Crippen molar-refractivity contribution in [3.8, 4) is 5.75 Å². The summed E-state index contributed by atoms with van der Waals surface area (Å²) in [5.74, 6) is 0.836. The summed E-state index contributed by atoms with van der Waals surface area (Å²) in [4.78, 5) is 24.4. The quantitative estimate of drug-likeness (QED) is 0.778. The molecule has 4 heteroatoms. The number of rotatable bonds is 2. The first kappa shape index (κ1) is 11.6. The third-order valence-corrected chi connectivity index (χ3v) is 2.79. The molecule has 1 aromatic carbocycles. The predicted octanol–water partition coefficient (Wildman–Crippen LogP) is 1.56. The van der Waals surface area contributed by atoms with Gasteiger partial charge in [0.05, 0.1) is 18.7 Å². The molecule has 17 heavy (non-hydrogen) atoms. The van der Waals surface area contributed by atoms with E-state index in [1.807, 2.05) is 18.2 Å². The molecular formula is C13H15NO3. The number of hydrogen-bond donors (Lipinski definition) is 0. The van der Waals surface area contributed by atoms with Crippen molar-refractivity contribution in [2.75, 3.05) is 18.6 Å². The summed E-state index contributed by atoms with van der Waals surface area (Å²) in [5, 5.41) is 0. The fraction of sp³-hybridized carbons (Fsp3) is 0.385. The average molecular weight is 233 g/mol. The van der Waals surface area contributed by atoms with Gasteiger partial charge in [-0.05, 0) is 24.6 Å². The molecule has 0 spiro atoms. The van der Waals surface area contributed by atoms with Crippen molar-refractivity contribution in [2.45, 2.75) is 19.8 Å². The number of carbonyl (C=O) groups excluding carboxylic acids is 2. The Kier molecular flexibility index (Phi) is 3.13. The van der Waals surface area contributed by atoms with Crippen molar-refractivity contribution in [1.82, 2.24) is 0 Å². The lowest BCUT2D eigenvalue weighted by atomic mass is 10.1. The molecule has 0 unspecified atom stereocenters. The van der Waals surface area contributed by atoms with E-state index in [9.17, 15) is 9.59 Å². The third kappa shape index (κ3) is 2.46. The van der Waals surface area contributed by atoms with Gasteiger partial charge in [0.1, 0.15) is 11.5 Å². The Balaban J connectivity index is 2.38. The van der Waals surface area contributed by atoms with Crippen LogP contribution in [0, 0.1) is 0 Å². The highest BCUT2D eigenvalue weighted by Gasteiger charge is 2.20. The van der Waals surface area contributed by atoms with Gasteiger partial charge in [-0.1, -0.05) is 6.07 Å². The van der Waals surface area contributed by atoms with Gasteiger partial charge < -0.3 is 9.64 Å². The van der Waals surface area contributed by atoms with Crippen LogP contribution in [0.3, 0.4) is 0 Å². The minimum Gasteiger partial charge on any atom is -0.491 e. The molecule has 2 rings (SSSR count). The molecule has 0 saturated heterocycles. The van der Waals surface area contributed by atoms with E-state index in [2.05, 4.69) is 0 Å². The van der Waals surface area contributed by atoms with Gasteiger partial charge in [-0.15, -0.1) is 0 Å². The second-order valence-electron chi connectivity index (χ2n) is 4.23. The molecule has 0 aromatic heterocycles. The largest absolute Gasteiger partial charge is 0.491 e. The van der Waals surface area contributed by atoms with Crippen molar-refractivity contribution in [3.63, 3.8) is 0 Å². The van der Waals surface area contributed by atoms with Crippen LogP contribution in [0.4, 0.5) is 5.69 Å². The minimum atomic E-state index is 0.0312. The topological polar surface area (TPSA) is 46.6 Å². The number of hydrogen-bond acceptors (Lipinski definition) is 3. The molecule has 0 atom stereocenters. The summed E-state index contributed by atoms with van der Waals surface area (Å²) in [5.41, 5.74) is 1.65. The smallest absolute Gasteiger partial charge is 0.230 e. The molecule has 4 nitrogen and oxygen atoms in total. The van der Waals surface area contributed by atoms with Gasteiger partial charge in [0.2, 0.25) is 5.91 Å². The Hall–Kier alpha value is -1.84. The summed E-state index contributed by atoms with van der Waals surface area (Å²) >= 11 is 0. The van der Waals surface area contributed by atoms with E-state index in [-0.39, 0.29) is 11.7 Å². The van der Waals surface area contributed by atoms with E-state index in [1.54, 1.807) is 18.9 Å². The molecule has 1 aliphatic heterocycles. The molecule has 0 bridgehead atoms. The maximum atomic E-state index is 11.7. The number of Topliss-reactive ketones (excluding diaryl/α,β-unsaturated/α-hetero) is 1. The van der Waals surface area contributed by atoms with Crippen LogP contribution in [-0.2, 0) is 16.0 Å². The van der Waals surface area contributed by atoms with Crippen LogP contribution >= 0.6 is 0 Å². The van der Waals surface area contributed by atoms with Crippen molar-refractivity contribution < 1.29 is 14.3 Å². The van der Waals surface area contributed by atoms with Crippen molar-refractivity contribution in [3.05, 3.63) is 23.8 Å². The van der Waals surface area contributed by atoms with Crippen molar-refractivity contribution >= 4 is 17.4 Å². The van der Waals surface area contributed by atoms with Gasteiger partial charge in [0, 0.05) is 13.5 Å². The zero-order valence-corrected chi connectivity index (χ0v) is 10.0. The fourth-order valence-electron chi connectivity index (χ4n) is 1.89. The molecular weight excluding hydrogens is 218 g/mol. The van der Waals surface area contributed by atoms with E-state index >= 15 is 0 Å². The second kappa shape index (κ2) is 4.57. The summed E-state index contributed by atoms with van der Waals surface area (Å²) in [6.45, 7) is 1.96. The SMILES string of the molecule is CC(=O)Cc1ccc2c(c1)N(C)C(=O)CCO2. The van der Waals surface area contributed by atoms with Crippen molar-refractivity contribution in [1.29, 1.82) is 0 Å². The molecule has 90 valence electrons. The minimum absolute atomic E-state index is 0.0312. The highest BCUT2D eigenvalue weighted by atomic mass is 16.5. The second-order valence-corrected chi connectivity index (χ2v) is 4.23. The first-order valence-corrected chi connectivity index (χ1v) is 5.59. The van der Waals surface area contributed by atoms with E-state index in [0.29, 0.717) is 25.2 Å². The lowest BCUT2D eigenvalue weighted by molar-refractivity contribution is -0.118. The highest BCUT2D eigenvalue weighted by Crippen LogP contribution is 2.31. The summed E-state index contributed by atoms with van der Waals surface area (Å²) in [6, 6.07) is 5.53. The number of nitrogens with zero attached hydrogens (tertiary/aromatic N) is 1. The number of ketones is 1. The first-order valence-electron chi connectivity index (χ1n) is 5.59. The molecule has 0 fully saturated rings. The number of ether oxygens (including phenoxy) is 1. The Labute approximate surface area is 100 Å². The normalized spacial score (nSPS) is 14.9. The number of anilines is 1. The third-order valence-electron chi connectivity index (χ3n) is 2.79. The Morgan fingerprint density at radius 2 is 2.24 bits per heavy atom. The van der Waals surface area contributed by atoms with Gasteiger partial charge in [-0.2, -0.15) is 0 Å². The zero-order chi connectivity index (χ0) is 12.4. The van der Waals surface area contributed by atoms with Gasteiger partial charge in [0.25, 0.3) is 0 Å². The van der Waals surface area contributed by atoms with Crippen LogP contribution < -0.4 is 9.64 Å². The lowest BCUT2D eigenvalue weighted by Crippen LogP contribution is -2.25. The van der Waals surface area contributed by atoms with E-state index in [0.717, 1.165) is 11.3 Å². The summed E-state index contributed by atoms with van der Waals surface area (Å²) in [6.07, 6.45) is 0.766. The summed E-state index contributed by atoms with van der Waals surface area (Å²) < 4.78 is 5.50. The highest BCUT2D eigenvalue weighted by molar-refractivity contribution is 5.95. The molecule has 0 radical (unpaired) electrons. The molecule has 1 aliphatic rings. The van der Waals surface area contributed by atoms with E-state index < -0.39 is 0 Å². The Morgan fingerprint density at radius 3 is 2.94 bits per heavy atom. The molecule has 1 aromatic rings. The Morgan fingerprint density at radius 1 is 1.47 bits per heavy atom. The summed E-state index contributed by atoms with van der Waals surface area (Å²) in [7, 11) is 1.73. The Bertz CT molecular complexity index is 468. The van der Waals surface area contributed by atoms with Crippen LogP contribution in [-0.4, -0.2) is 25.3 Å². The molecule has 1 amide bonds. The molecule has 0 aliphatic carbocycles. The molecule has 0 saturated carbocycles. The molecule has 1 heterocycles. The molecule has 0 N–H and O–H groups in total. The standard InChI is InChI=1S/C13H15NO3/c1-9(15)7-10-3-4-12-11(8-10)14(2)13(16)5-6-17-12/h3-4,8H,5-7H2,1-2H3. The van der Waals surface area contributed by atoms with E-state index in [1.165, 1.54) is 0 Å². The van der Waals surface area contributed by atoms with Gasteiger partial charge in [-0.25, -0.2) is 0 Å². The van der Waals surface area contributed by atoms with Crippen molar-refractivity contribution in [2.24, 2.45) is 0 Å². The fourth-order valence-corrected chi connectivity index (χ4v) is 1.89. The zero-order valence-electron chi connectivity index (χ0n) is 10.0. The number of carbonyl (C=O) groups is 2. The van der Waals surface area contributed by atoms with Gasteiger partial charge in [0.15, 0.2) is 0 Å². The maximum absolute atomic E-state index is 11.7. The lowest BCUT2D eigenvalue weighted by Gasteiger charge is -2.17. The number of fused-ring (bicyclic) bond motifs is 1. The van der Waals surface area contributed by atoms with Crippen LogP contribution in [0.15, 0.2) is 18.2 Å².